The molecular weight excluding hydrogens is 516 g/mol. The highest BCUT2D eigenvalue weighted by Crippen LogP contribution is 2.26. The molecule has 228 valence electrons. The van der Waals surface area contributed by atoms with Gasteiger partial charge in [-0.3, -0.25) is 24.1 Å². The number of piperidine rings is 1. The van der Waals surface area contributed by atoms with E-state index in [2.05, 4.69) is 29.4 Å². The predicted molar refractivity (Wildman–Crippen MR) is 152 cm³/mol. The molecule has 3 amide bonds. The van der Waals surface area contributed by atoms with Crippen LogP contribution in [0.5, 0.6) is 0 Å². The normalized spacial score (nSPS) is 19.1. The number of carboxylic acids is 2. The van der Waals surface area contributed by atoms with E-state index < -0.39 is 47.8 Å². The molecule has 11 nitrogen and oxygen atoms in total. The minimum absolute atomic E-state index is 0.106. The second-order valence-electron chi connectivity index (χ2n) is 12.5. The molecule has 1 heterocycles. The van der Waals surface area contributed by atoms with Crippen molar-refractivity contribution in [3.05, 3.63) is 11.6 Å². The molecule has 1 fully saturated rings. The van der Waals surface area contributed by atoms with Crippen molar-refractivity contribution in [1.82, 2.24) is 20.4 Å². The lowest BCUT2D eigenvalue weighted by atomic mass is 9.84. The zero-order valence-electron chi connectivity index (χ0n) is 25.6. The third-order valence-electron chi connectivity index (χ3n) is 7.42. The van der Waals surface area contributed by atoms with E-state index in [-0.39, 0.29) is 41.8 Å². The number of carboxylic acid groups (broad SMARTS) is 2. The van der Waals surface area contributed by atoms with Gasteiger partial charge in [0.15, 0.2) is 0 Å². The molecule has 1 aliphatic heterocycles. The van der Waals surface area contributed by atoms with Gasteiger partial charge in [0.25, 0.3) is 0 Å². The summed E-state index contributed by atoms with van der Waals surface area (Å²) >= 11 is 0. The van der Waals surface area contributed by atoms with Crippen LogP contribution in [0.25, 0.3) is 0 Å². The number of likely N-dealkylation sites (N-methyl/N-ethyl adjacent to an activating group) is 1. The van der Waals surface area contributed by atoms with Crippen molar-refractivity contribution in [2.75, 3.05) is 13.6 Å². The van der Waals surface area contributed by atoms with Crippen LogP contribution in [0, 0.1) is 11.3 Å². The molecule has 1 unspecified atom stereocenters. The summed E-state index contributed by atoms with van der Waals surface area (Å²) in [5, 5.41) is 23.7. The molecule has 0 aromatic rings. The minimum atomic E-state index is -1.35. The molecule has 1 rings (SSSR count). The van der Waals surface area contributed by atoms with E-state index in [0.29, 0.717) is 0 Å². The third kappa shape index (κ3) is 10.2. The van der Waals surface area contributed by atoms with E-state index in [4.69, 9.17) is 5.11 Å². The van der Waals surface area contributed by atoms with Gasteiger partial charge in [-0.2, -0.15) is 0 Å². The fraction of sp³-hybridized carbons (Fsp3) is 0.759. The van der Waals surface area contributed by atoms with Crippen LogP contribution in [0.15, 0.2) is 11.6 Å². The maximum Gasteiger partial charge on any atom is 0.326 e. The highest BCUT2D eigenvalue weighted by molar-refractivity contribution is 5.96. The average Bonchev–Trinajstić information content (AvgIpc) is 2.85. The van der Waals surface area contributed by atoms with Crippen LogP contribution in [0.3, 0.4) is 0 Å². The number of carbonyl (C=O) groups excluding carboxylic acids is 3. The summed E-state index contributed by atoms with van der Waals surface area (Å²) in [4.78, 5) is 66.2. The SMILES string of the molecule is C/C(=C\[C@H](C(C)C)N(C)C(=O)C(NC(=O)[C@H]1CCCCN1C(C)C)C(C)(C)C)C(=O)N[C@H](CCC(=O)O)C(=O)O. The van der Waals surface area contributed by atoms with E-state index >= 15 is 0 Å². The first-order chi connectivity index (χ1) is 18.4. The van der Waals surface area contributed by atoms with Gasteiger partial charge in [-0.05, 0) is 57.9 Å². The van der Waals surface area contributed by atoms with Gasteiger partial charge in [0.1, 0.15) is 12.1 Å². The molecule has 40 heavy (non-hydrogen) atoms. The van der Waals surface area contributed by atoms with E-state index in [9.17, 15) is 29.1 Å². The first-order valence-corrected chi connectivity index (χ1v) is 14.1. The lowest BCUT2D eigenvalue weighted by molar-refractivity contribution is -0.142. The topological polar surface area (TPSA) is 156 Å². The van der Waals surface area contributed by atoms with Crippen LogP contribution >= 0.6 is 0 Å². The standard InChI is InChI=1S/C29H50N4O7/c1-17(2)22(16-19(5)25(36)30-20(28(39)40)13-14-23(34)35)32(9)27(38)24(29(6,7)8)31-26(37)21-12-10-11-15-33(21)18(3)4/h16-18,20-22,24H,10-15H2,1-9H3,(H,30,36)(H,31,37)(H,34,35)(H,39,40)/b19-16+/t20-,21-,22-,24?/m1/s1. The number of hydrogen-bond donors (Lipinski definition) is 4. The van der Waals surface area contributed by atoms with Gasteiger partial charge in [-0.25, -0.2) is 4.79 Å². The number of carbonyl (C=O) groups is 5. The molecular formula is C29H50N4O7. The number of nitrogens with zero attached hydrogens (tertiary/aromatic N) is 2. The Morgan fingerprint density at radius 2 is 1.62 bits per heavy atom. The summed E-state index contributed by atoms with van der Waals surface area (Å²) in [6, 6.07) is -2.78. The molecule has 0 aromatic carbocycles. The first kappa shape index (κ1) is 35.1. The summed E-state index contributed by atoms with van der Waals surface area (Å²) in [5.41, 5.74) is -0.388. The fourth-order valence-corrected chi connectivity index (χ4v) is 4.97. The second kappa shape index (κ2) is 15.2. The number of hydrogen-bond acceptors (Lipinski definition) is 6. The summed E-state index contributed by atoms with van der Waals surface area (Å²) in [7, 11) is 1.63. The highest BCUT2D eigenvalue weighted by Gasteiger charge is 2.40. The van der Waals surface area contributed by atoms with Gasteiger partial charge in [-0.1, -0.05) is 47.1 Å². The second-order valence-corrected chi connectivity index (χ2v) is 12.5. The van der Waals surface area contributed by atoms with Crippen LogP contribution in [0.1, 0.15) is 87.5 Å². The van der Waals surface area contributed by atoms with Crippen LogP contribution in [-0.4, -0.2) is 93.5 Å². The Kier molecular flexibility index (Phi) is 13.3. The Hall–Kier alpha value is -2.95. The van der Waals surface area contributed by atoms with E-state index in [1.54, 1.807) is 13.1 Å². The monoisotopic (exact) mass is 566 g/mol. The van der Waals surface area contributed by atoms with Crippen LogP contribution < -0.4 is 10.6 Å². The van der Waals surface area contributed by atoms with E-state index in [1.807, 2.05) is 34.6 Å². The van der Waals surface area contributed by atoms with Crippen LogP contribution in [-0.2, 0) is 24.0 Å². The van der Waals surface area contributed by atoms with Crippen molar-refractivity contribution in [1.29, 1.82) is 0 Å². The van der Waals surface area contributed by atoms with Crippen LogP contribution in [0.2, 0.25) is 0 Å². The number of aliphatic carboxylic acids is 2. The average molecular weight is 567 g/mol. The molecule has 4 N–H and O–H groups in total. The summed E-state index contributed by atoms with van der Waals surface area (Å²) < 4.78 is 0. The Morgan fingerprint density at radius 1 is 1.02 bits per heavy atom. The highest BCUT2D eigenvalue weighted by atomic mass is 16.4. The summed E-state index contributed by atoms with van der Waals surface area (Å²) in [5.74, 6) is -3.70. The molecule has 11 heteroatoms. The maximum atomic E-state index is 13.9. The van der Waals surface area contributed by atoms with Crippen molar-refractivity contribution in [3.8, 4) is 0 Å². The van der Waals surface area contributed by atoms with Crippen molar-refractivity contribution < 1.29 is 34.2 Å². The summed E-state index contributed by atoms with van der Waals surface area (Å²) in [6.07, 6.45) is 3.68. The maximum absolute atomic E-state index is 13.9. The van der Waals surface area contributed by atoms with Crippen molar-refractivity contribution in [2.24, 2.45) is 11.3 Å². The molecule has 1 aliphatic rings. The van der Waals surface area contributed by atoms with Crippen molar-refractivity contribution >= 4 is 29.7 Å². The number of rotatable bonds is 13. The number of amides is 3. The first-order valence-electron chi connectivity index (χ1n) is 14.1. The molecule has 0 saturated carbocycles. The van der Waals surface area contributed by atoms with Gasteiger partial charge in [0.05, 0.1) is 12.1 Å². The molecule has 1 saturated heterocycles. The van der Waals surface area contributed by atoms with Gasteiger partial charge in [-0.15, -0.1) is 0 Å². The lowest BCUT2D eigenvalue weighted by Crippen LogP contribution is -2.60. The zero-order chi connectivity index (χ0) is 30.9. The quantitative estimate of drug-likeness (QED) is 0.248. The molecule has 4 atom stereocenters. The number of nitrogens with one attached hydrogen (secondary N) is 2. The lowest BCUT2D eigenvalue weighted by Gasteiger charge is -2.41. The Labute approximate surface area is 238 Å². The third-order valence-corrected chi connectivity index (χ3v) is 7.42. The van der Waals surface area contributed by atoms with E-state index in [1.165, 1.54) is 11.8 Å². The largest absolute Gasteiger partial charge is 0.481 e. The van der Waals surface area contributed by atoms with Gasteiger partial charge in [0.2, 0.25) is 17.7 Å². The van der Waals surface area contributed by atoms with Crippen LogP contribution in [0.4, 0.5) is 0 Å². The van der Waals surface area contributed by atoms with Gasteiger partial charge < -0.3 is 25.7 Å². The zero-order valence-corrected chi connectivity index (χ0v) is 25.6. The smallest absolute Gasteiger partial charge is 0.326 e. The predicted octanol–water partition coefficient (Wildman–Crippen LogP) is 2.64. The van der Waals surface area contributed by atoms with Gasteiger partial charge in [0, 0.05) is 25.1 Å². The number of likely N-dealkylation sites (tertiary alicyclic amines) is 1. The molecule has 0 aliphatic carbocycles. The van der Waals surface area contributed by atoms with Crippen molar-refractivity contribution in [3.63, 3.8) is 0 Å². The van der Waals surface area contributed by atoms with E-state index in [0.717, 1.165) is 25.8 Å². The fourth-order valence-electron chi connectivity index (χ4n) is 4.97. The minimum Gasteiger partial charge on any atom is -0.481 e. The summed E-state index contributed by atoms with van der Waals surface area (Å²) in [6.45, 7) is 16.0. The Bertz CT molecular complexity index is 955. The molecule has 0 aromatic heterocycles. The Balaban J connectivity index is 3.16. The van der Waals surface area contributed by atoms with Gasteiger partial charge >= 0.3 is 11.9 Å². The van der Waals surface area contributed by atoms with Crippen molar-refractivity contribution in [2.45, 2.75) is 118 Å². The molecule has 0 spiro atoms. The molecule has 0 bridgehead atoms. The molecule has 0 radical (unpaired) electrons. The Morgan fingerprint density at radius 3 is 2.10 bits per heavy atom.